The number of likely N-dealkylation sites (tertiary alicyclic amines) is 1. The van der Waals surface area contributed by atoms with E-state index in [2.05, 4.69) is 32.0 Å². The third-order valence-electron chi connectivity index (χ3n) is 7.50. The SMILES string of the molecule is CC1CCCCN1CCCNC(=O)CSc1nc(Cl)cc(N2CCN(C(=O)C3CCCC3)CC2)n1. The first-order valence-electron chi connectivity index (χ1n) is 13.2. The maximum atomic E-state index is 12.7. The number of hydrogen-bond acceptors (Lipinski definition) is 7. The lowest BCUT2D eigenvalue weighted by atomic mass is 10.0. The first-order valence-corrected chi connectivity index (χ1v) is 14.6. The van der Waals surface area contributed by atoms with Gasteiger partial charge >= 0.3 is 0 Å². The number of amides is 2. The van der Waals surface area contributed by atoms with E-state index in [-0.39, 0.29) is 17.6 Å². The predicted molar refractivity (Wildman–Crippen MR) is 141 cm³/mol. The van der Waals surface area contributed by atoms with Crippen LogP contribution in [0, 0.1) is 5.92 Å². The summed E-state index contributed by atoms with van der Waals surface area (Å²) in [6, 6.07) is 2.42. The Labute approximate surface area is 218 Å². The van der Waals surface area contributed by atoms with E-state index < -0.39 is 0 Å². The topological polar surface area (TPSA) is 81.7 Å². The number of nitrogens with zero attached hydrogens (tertiary/aromatic N) is 5. The summed E-state index contributed by atoms with van der Waals surface area (Å²) in [5.74, 6) is 1.55. The fraction of sp³-hybridized carbons (Fsp3) is 0.760. The van der Waals surface area contributed by atoms with Gasteiger partial charge in [-0.25, -0.2) is 9.97 Å². The molecule has 0 bridgehead atoms. The van der Waals surface area contributed by atoms with E-state index in [1.54, 1.807) is 6.07 Å². The summed E-state index contributed by atoms with van der Waals surface area (Å²) in [4.78, 5) is 40.7. The number of rotatable bonds is 9. The highest BCUT2D eigenvalue weighted by molar-refractivity contribution is 7.99. The zero-order chi connectivity index (χ0) is 24.6. The van der Waals surface area contributed by atoms with Crippen LogP contribution < -0.4 is 10.2 Å². The van der Waals surface area contributed by atoms with Gasteiger partial charge < -0.3 is 20.0 Å². The van der Waals surface area contributed by atoms with Gasteiger partial charge in [0.05, 0.1) is 5.75 Å². The summed E-state index contributed by atoms with van der Waals surface area (Å²) in [7, 11) is 0. The molecule has 10 heteroatoms. The maximum Gasteiger partial charge on any atom is 0.230 e. The van der Waals surface area contributed by atoms with Gasteiger partial charge in [0.25, 0.3) is 0 Å². The molecule has 1 N–H and O–H groups in total. The number of carbonyl (C=O) groups is 2. The van der Waals surface area contributed by atoms with Crippen molar-refractivity contribution < 1.29 is 9.59 Å². The van der Waals surface area contributed by atoms with E-state index >= 15 is 0 Å². The first kappa shape index (κ1) is 26.5. The van der Waals surface area contributed by atoms with Crippen LogP contribution in [-0.4, -0.2) is 89.2 Å². The molecule has 1 aliphatic carbocycles. The standard InChI is InChI=1S/C25H39ClN6O2S/c1-19-7-4-5-11-30(19)12-6-10-27-23(33)18-35-25-28-21(26)17-22(29-25)31-13-15-32(16-14-31)24(34)20-8-2-3-9-20/h17,19-20H,2-16,18H2,1H3,(H,27,33). The zero-order valence-electron chi connectivity index (χ0n) is 20.9. The highest BCUT2D eigenvalue weighted by Crippen LogP contribution is 2.28. The van der Waals surface area contributed by atoms with Crippen molar-refractivity contribution in [3.05, 3.63) is 11.2 Å². The number of anilines is 1. The largest absolute Gasteiger partial charge is 0.355 e. The van der Waals surface area contributed by atoms with Gasteiger partial charge in [-0.1, -0.05) is 42.6 Å². The lowest BCUT2D eigenvalue weighted by molar-refractivity contribution is -0.135. The summed E-state index contributed by atoms with van der Waals surface area (Å²) in [5.41, 5.74) is 0. The Bertz CT molecular complexity index is 860. The summed E-state index contributed by atoms with van der Waals surface area (Å²) in [5, 5.41) is 3.90. The molecule has 1 aromatic rings. The Balaban J connectivity index is 1.19. The molecule has 0 radical (unpaired) electrons. The molecule has 3 fully saturated rings. The fourth-order valence-corrected chi connectivity index (χ4v) is 6.29. The molecule has 2 amide bonds. The van der Waals surface area contributed by atoms with Gasteiger partial charge in [-0.3, -0.25) is 9.59 Å². The van der Waals surface area contributed by atoms with Crippen molar-refractivity contribution >= 4 is 41.0 Å². The van der Waals surface area contributed by atoms with E-state index in [1.165, 1.54) is 50.4 Å². The minimum absolute atomic E-state index is 0.00847. The molecule has 1 aromatic heterocycles. The van der Waals surface area contributed by atoms with Crippen LogP contribution in [-0.2, 0) is 9.59 Å². The van der Waals surface area contributed by atoms with Crippen LogP contribution in [0.5, 0.6) is 0 Å². The molecule has 1 saturated carbocycles. The molecule has 1 unspecified atom stereocenters. The quantitative estimate of drug-likeness (QED) is 0.230. The van der Waals surface area contributed by atoms with Gasteiger partial charge in [-0.05, 0) is 45.6 Å². The summed E-state index contributed by atoms with van der Waals surface area (Å²) in [6.45, 7) is 8.06. The minimum atomic E-state index is -0.00847. The van der Waals surface area contributed by atoms with Crippen molar-refractivity contribution in [1.82, 2.24) is 25.1 Å². The molecular formula is C25H39ClN6O2S. The number of hydrogen-bond donors (Lipinski definition) is 1. The molecule has 35 heavy (non-hydrogen) atoms. The first-order chi connectivity index (χ1) is 17.0. The smallest absolute Gasteiger partial charge is 0.230 e. The molecular weight excluding hydrogens is 484 g/mol. The Kier molecular flexibility index (Phi) is 9.92. The molecule has 2 saturated heterocycles. The molecule has 3 heterocycles. The van der Waals surface area contributed by atoms with Crippen molar-refractivity contribution in [3.63, 3.8) is 0 Å². The zero-order valence-corrected chi connectivity index (χ0v) is 22.5. The predicted octanol–water partition coefficient (Wildman–Crippen LogP) is 3.44. The van der Waals surface area contributed by atoms with Gasteiger partial charge in [0.1, 0.15) is 11.0 Å². The van der Waals surface area contributed by atoms with E-state index in [0.717, 1.165) is 44.7 Å². The number of carbonyl (C=O) groups excluding carboxylic acids is 2. The number of piperidine rings is 1. The van der Waals surface area contributed by atoms with Crippen LogP contribution in [0.4, 0.5) is 5.82 Å². The maximum absolute atomic E-state index is 12.7. The minimum Gasteiger partial charge on any atom is -0.355 e. The van der Waals surface area contributed by atoms with Crippen LogP contribution in [0.15, 0.2) is 11.2 Å². The second-order valence-corrected chi connectivity index (χ2v) is 11.3. The number of aromatic nitrogens is 2. The molecule has 1 atom stereocenters. The highest BCUT2D eigenvalue weighted by Gasteiger charge is 2.30. The second kappa shape index (κ2) is 13.1. The van der Waals surface area contributed by atoms with Crippen molar-refractivity contribution in [2.75, 3.05) is 56.5 Å². The number of nitrogens with one attached hydrogen (secondary N) is 1. The second-order valence-electron chi connectivity index (χ2n) is 10.00. The van der Waals surface area contributed by atoms with Crippen LogP contribution in [0.25, 0.3) is 0 Å². The molecule has 0 aromatic carbocycles. The van der Waals surface area contributed by atoms with Gasteiger partial charge in [-0.2, -0.15) is 0 Å². The monoisotopic (exact) mass is 522 g/mol. The van der Waals surface area contributed by atoms with Gasteiger partial charge in [0.15, 0.2) is 5.16 Å². The lowest BCUT2D eigenvalue weighted by Gasteiger charge is -2.36. The number of thioether (sulfide) groups is 1. The third-order valence-corrected chi connectivity index (χ3v) is 8.54. The van der Waals surface area contributed by atoms with Gasteiger partial charge in [-0.15, -0.1) is 0 Å². The van der Waals surface area contributed by atoms with Crippen LogP contribution in [0.3, 0.4) is 0 Å². The summed E-state index contributed by atoms with van der Waals surface area (Å²) < 4.78 is 0. The van der Waals surface area contributed by atoms with E-state index in [0.29, 0.717) is 41.9 Å². The average Bonchev–Trinajstić information content (AvgIpc) is 3.41. The fourth-order valence-electron chi connectivity index (χ4n) is 5.38. The normalized spacial score (nSPS) is 21.9. The van der Waals surface area contributed by atoms with E-state index in [4.69, 9.17) is 11.6 Å². The Morgan fingerprint density at radius 3 is 2.54 bits per heavy atom. The highest BCUT2D eigenvalue weighted by atomic mass is 35.5. The van der Waals surface area contributed by atoms with Gasteiger partial charge in [0, 0.05) is 57.3 Å². The van der Waals surface area contributed by atoms with Crippen LogP contribution in [0.1, 0.15) is 58.3 Å². The molecule has 2 aliphatic heterocycles. The van der Waals surface area contributed by atoms with E-state index in [9.17, 15) is 9.59 Å². The Morgan fingerprint density at radius 1 is 1.06 bits per heavy atom. The van der Waals surface area contributed by atoms with E-state index in [1.807, 2.05) is 4.90 Å². The number of halogens is 1. The average molecular weight is 523 g/mol. The Hall–Kier alpha value is -1.58. The van der Waals surface area contributed by atoms with Crippen molar-refractivity contribution in [2.45, 2.75) is 69.5 Å². The lowest BCUT2D eigenvalue weighted by Crippen LogP contribution is -2.50. The van der Waals surface area contributed by atoms with Crippen molar-refractivity contribution in [1.29, 1.82) is 0 Å². The van der Waals surface area contributed by atoms with Crippen LogP contribution >= 0.6 is 23.4 Å². The molecule has 0 spiro atoms. The van der Waals surface area contributed by atoms with Gasteiger partial charge in [0.2, 0.25) is 11.8 Å². The Morgan fingerprint density at radius 2 is 1.80 bits per heavy atom. The van der Waals surface area contributed by atoms with Crippen molar-refractivity contribution in [3.8, 4) is 0 Å². The van der Waals surface area contributed by atoms with Crippen molar-refractivity contribution in [2.24, 2.45) is 5.92 Å². The molecule has 194 valence electrons. The van der Waals surface area contributed by atoms with Crippen LogP contribution in [0.2, 0.25) is 5.15 Å². The molecule has 3 aliphatic rings. The molecule has 8 nitrogen and oxygen atoms in total. The summed E-state index contributed by atoms with van der Waals surface area (Å²) in [6.07, 6.45) is 9.27. The molecule has 4 rings (SSSR count). The third kappa shape index (κ3) is 7.70. The number of piperazine rings is 1. The summed E-state index contributed by atoms with van der Waals surface area (Å²) >= 11 is 7.59.